The second kappa shape index (κ2) is 7.39. The normalized spacial score (nSPS) is 19.7. The maximum Gasteiger partial charge on any atom is 0.214 e. The van der Waals surface area contributed by atoms with Crippen LogP contribution < -0.4 is 4.74 Å². The van der Waals surface area contributed by atoms with Gasteiger partial charge in [0.15, 0.2) is 0 Å². The van der Waals surface area contributed by atoms with Crippen molar-refractivity contribution in [2.75, 3.05) is 0 Å². The Morgan fingerprint density at radius 2 is 2.04 bits per heavy atom. The van der Waals surface area contributed by atoms with Gasteiger partial charge in [-0.3, -0.25) is 0 Å². The number of thiophene rings is 1. The summed E-state index contributed by atoms with van der Waals surface area (Å²) in [5.41, 5.74) is 4.36. The summed E-state index contributed by atoms with van der Waals surface area (Å²) in [5, 5.41) is 12.8. The van der Waals surface area contributed by atoms with Gasteiger partial charge >= 0.3 is 0 Å². The van der Waals surface area contributed by atoms with Crippen molar-refractivity contribution >= 4 is 22.9 Å². The van der Waals surface area contributed by atoms with Gasteiger partial charge in [0.05, 0.1) is 6.10 Å². The van der Waals surface area contributed by atoms with Gasteiger partial charge in [-0.15, -0.1) is 11.3 Å². The van der Waals surface area contributed by atoms with E-state index in [1.54, 1.807) is 17.5 Å². The van der Waals surface area contributed by atoms with Gasteiger partial charge in [0.25, 0.3) is 0 Å². The number of halogens is 1. The Labute approximate surface area is 162 Å². The quantitative estimate of drug-likeness (QED) is 0.623. The third-order valence-electron chi connectivity index (χ3n) is 4.75. The Morgan fingerprint density at radius 1 is 1.15 bits per heavy atom. The summed E-state index contributed by atoms with van der Waals surface area (Å²) in [6.07, 6.45) is 3.88. The Morgan fingerprint density at radius 3 is 2.81 bits per heavy atom. The Kier molecular flexibility index (Phi) is 4.98. The third-order valence-corrected chi connectivity index (χ3v) is 6.02. The first-order chi connectivity index (χ1) is 12.6. The molecule has 1 N–H and O–H groups in total. The van der Waals surface area contributed by atoms with Gasteiger partial charge < -0.3 is 9.84 Å². The summed E-state index contributed by atoms with van der Waals surface area (Å²) < 4.78 is 5.89. The molecule has 2 aromatic heterocycles. The van der Waals surface area contributed by atoms with Crippen molar-refractivity contribution < 1.29 is 9.84 Å². The van der Waals surface area contributed by atoms with Crippen molar-refractivity contribution in [2.45, 2.75) is 38.4 Å². The zero-order valence-electron chi connectivity index (χ0n) is 14.5. The summed E-state index contributed by atoms with van der Waals surface area (Å²) in [4.78, 5) is 5.44. The average Bonchev–Trinajstić information content (AvgIpc) is 3.25. The monoisotopic (exact) mass is 385 g/mol. The molecule has 1 aliphatic carbocycles. The number of hydrogen-bond acceptors (Lipinski definition) is 4. The number of hydrogen-bond donors (Lipinski definition) is 1. The van der Waals surface area contributed by atoms with Gasteiger partial charge in [-0.1, -0.05) is 23.7 Å². The maximum absolute atomic E-state index is 9.95. The van der Waals surface area contributed by atoms with E-state index >= 15 is 0 Å². The Hall–Kier alpha value is -1.88. The van der Waals surface area contributed by atoms with Crippen molar-refractivity contribution in [3.05, 3.63) is 58.6 Å². The lowest BCUT2D eigenvalue weighted by molar-refractivity contribution is 0.0574. The highest BCUT2D eigenvalue weighted by molar-refractivity contribution is 7.14. The van der Waals surface area contributed by atoms with Gasteiger partial charge in [-0.25, -0.2) is 4.98 Å². The minimum Gasteiger partial charge on any atom is -0.472 e. The minimum atomic E-state index is -0.392. The van der Waals surface area contributed by atoms with E-state index in [9.17, 15) is 5.11 Å². The van der Waals surface area contributed by atoms with E-state index in [2.05, 4.69) is 28.6 Å². The summed E-state index contributed by atoms with van der Waals surface area (Å²) in [5.74, 6) is 0.564. The summed E-state index contributed by atoms with van der Waals surface area (Å²) in [6.45, 7) is 2.04. The van der Waals surface area contributed by atoms with Gasteiger partial charge in [0, 0.05) is 27.7 Å². The number of rotatable bonds is 4. The van der Waals surface area contributed by atoms with Crippen LogP contribution >= 0.6 is 22.9 Å². The fourth-order valence-electron chi connectivity index (χ4n) is 3.30. The maximum atomic E-state index is 9.95. The number of benzene rings is 1. The van der Waals surface area contributed by atoms with Gasteiger partial charge in [0.1, 0.15) is 6.10 Å². The first kappa shape index (κ1) is 17.5. The molecule has 5 heteroatoms. The van der Waals surface area contributed by atoms with Crippen LogP contribution in [0.3, 0.4) is 0 Å². The second-order valence-corrected chi connectivity index (χ2v) is 8.04. The predicted octanol–water partition coefficient (Wildman–Crippen LogP) is 5.73. The number of aryl methyl sites for hydroxylation is 1. The van der Waals surface area contributed by atoms with Gasteiger partial charge in [-0.05, 0) is 66.5 Å². The largest absolute Gasteiger partial charge is 0.472 e. The number of ether oxygens (including phenoxy) is 1. The van der Waals surface area contributed by atoms with Crippen LogP contribution in [-0.4, -0.2) is 22.3 Å². The molecule has 0 spiro atoms. The number of pyridine rings is 1. The standard InChI is InChI=1S/C21H20ClNO2S/c1-13-5-6-16(17(22)9-13)20-10-15(12-26-20)14-7-8-23-21(11-14)25-19-4-2-3-18(19)24/h5-12,18-19,24H,2-4H2,1H3/t18-,19+/m0/s1. The molecule has 1 aliphatic rings. The minimum absolute atomic E-state index is 0.151. The van der Waals surface area contributed by atoms with Crippen molar-refractivity contribution in [3.8, 4) is 27.4 Å². The molecule has 2 atom stereocenters. The van der Waals surface area contributed by atoms with Crippen molar-refractivity contribution in [1.82, 2.24) is 4.98 Å². The van der Waals surface area contributed by atoms with Crippen LogP contribution in [0.15, 0.2) is 48.0 Å². The highest BCUT2D eigenvalue weighted by Crippen LogP contribution is 2.37. The van der Waals surface area contributed by atoms with Crippen LogP contribution in [0.5, 0.6) is 5.88 Å². The lowest BCUT2D eigenvalue weighted by atomic mass is 10.1. The van der Waals surface area contributed by atoms with Crippen molar-refractivity contribution in [3.63, 3.8) is 0 Å². The van der Waals surface area contributed by atoms with Crippen LogP contribution in [-0.2, 0) is 0 Å². The second-order valence-electron chi connectivity index (χ2n) is 6.72. The molecule has 3 aromatic rings. The zero-order chi connectivity index (χ0) is 18.1. The highest BCUT2D eigenvalue weighted by Gasteiger charge is 2.27. The molecule has 2 heterocycles. The summed E-state index contributed by atoms with van der Waals surface area (Å²) in [6, 6.07) is 12.2. The molecule has 1 saturated carbocycles. The van der Waals surface area contributed by atoms with Crippen LogP contribution in [0.4, 0.5) is 0 Å². The van der Waals surface area contributed by atoms with Gasteiger partial charge in [-0.2, -0.15) is 0 Å². The molecule has 4 rings (SSSR count). The van der Waals surface area contributed by atoms with E-state index < -0.39 is 6.10 Å². The smallest absolute Gasteiger partial charge is 0.214 e. The summed E-state index contributed by atoms with van der Waals surface area (Å²) in [7, 11) is 0. The molecule has 3 nitrogen and oxygen atoms in total. The fraction of sp³-hybridized carbons (Fsp3) is 0.286. The van der Waals surface area contributed by atoms with E-state index in [-0.39, 0.29) is 6.10 Å². The molecule has 0 amide bonds. The van der Waals surface area contributed by atoms with Crippen LogP contribution in [0.1, 0.15) is 24.8 Å². The van der Waals surface area contributed by atoms with Gasteiger partial charge in [0.2, 0.25) is 5.88 Å². The number of aliphatic hydroxyl groups is 1. The molecular weight excluding hydrogens is 366 g/mol. The van der Waals surface area contributed by atoms with E-state index in [0.29, 0.717) is 5.88 Å². The van der Waals surface area contributed by atoms with Crippen LogP contribution in [0.25, 0.3) is 21.6 Å². The van der Waals surface area contributed by atoms with E-state index in [0.717, 1.165) is 51.4 Å². The molecule has 0 radical (unpaired) electrons. The van der Waals surface area contributed by atoms with Crippen LogP contribution in [0.2, 0.25) is 5.02 Å². The molecule has 134 valence electrons. The Bertz CT molecular complexity index is 924. The van der Waals surface area contributed by atoms with Crippen molar-refractivity contribution in [2.24, 2.45) is 0 Å². The number of aromatic nitrogens is 1. The molecular formula is C21H20ClNO2S. The molecule has 1 fully saturated rings. The average molecular weight is 386 g/mol. The molecule has 0 bridgehead atoms. The molecule has 0 aliphatic heterocycles. The molecule has 0 unspecified atom stereocenters. The summed E-state index contributed by atoms with van der Waals surface area (Å²) >= 11 is 8.08. The van der Waals surface area contributed by atoms with Crippen molar-refractivity contribution in [1.29, 1.82) is 0 Å². The topological polar surface area (TPSA) is 42.4 Å². The molecule has 1 aromatic carbocycles. The molecule has 0 saturated heterocycles. The first-order valence-electron chi connectivity index (χ1n) is 8.76. The fourth-order valence-corrected chi connectivity index (χ4v) is 4.65. The molecule has 26 heavy (non-hydrogen) atoms. The number of nitrogens with zero attached hydrogens (tertiary/aromatic N) is 1. The van der Waals surface area contributed by atoms with Crippen LogP contribution in [0, 0.1) is 6.92 Å². The Balaban J connectivity index is 1.58. The number of aliphatic hydroxyl groups excluding tert-OH is 1. The van der Waals surface area contributed by atoms with E-state index in [1.165, 1.54) is 0 Å². The van der Waals surface area contributed by atoms with E-state index in [1.807, 2.05) is 25.1 Å². The predicted molar refractivity (Wildman–Crippen MR) is 107 cm³/mol. The highest BCUT2D eigenvalue weighted by atomic mass is 35.5. The lowest BCUT2D eigenvalue weighted by Gasteiger charge is -2.16. The zero-order valence-corrected chi connectivity index (χ0v) is 16.1. The SMILES string of the molecule is Cc1ccc(-c2cc(-c3ccnc(O[C@@H]4CCC[C@@H]4O)c3)cs2)c(Cl)c1. The third kappa shape index (κ3) is 3.63. The first-order valence-corrected chi connectivity index (χ1v) is 10.0. The lowest BCUT2D eigenvalue weighted by Crippen LogP contribution is -2.25. The van der Waals surface area contributed by atoms with E-state index in [4.69, 9.17) is 16.3 Å².